The molecule has 0 heterocycles. The summed E-state index contributed by atoms with van der Waals surface area (Å²) >= 11 is 0. The first kappa shape index (κ1) is 15.6. The zero-order chi connectivity index (χ0) is 16.1. The summed E-state index contributed by atoms with van der Waals surface area (Å²) in [4.78, 5) is 22.1. The molecule has 114 valence electrons. The summed E-state index contributed by atoms with van der Waals surface area (Å²) in [5, 5.41) is 20.5. The highest BCUT2D eigenvalue weighted by Crippen LogP contribution is 2.33. The van der Waals surface area contributed by atoms with Gasteiger partial charge < -0.3 is 5.11 Å². The second kappa shape index (κ2) is 6.80. The molecule has 0 saturated carbocycles. The zero-order valence-corrected chi connectivity index (χ0v) is 11.6. The molecule has 5 nitrogen and oxygen atoms in total. The van der Waals surface area contributed by atoms with Gasteiger partial charge in [-0.05, 0) is 23.3 Å². The van der Waals surface area contributed by atoms with Crippen LogP contribution in [0.15, 0.2) is 54.6 Å². The Morgan fingerprint density at radius 3 is 2.18 bits per heavy atom. The molecule has 0 fully saturated rings. The number of carboxylic acid groups (broad SMARTS) is 1. The van der Waals surface area contributed by atoms with Crippen LogP contribution in [-0.4, -0.2) is 22.5 Å². The van der Waals surface area contributed by atoms with Crippen molar-refractivity contribution >= 4 is 5.97 Å². The average molecular weight is 303 g/mol. The highest BCUT2D eigenvalue weighted by molar-refractivity contribution is 5.77. The lowest BCUT2D eigenvalue weighted by Gasteiger charge is -2.21. The molecule has 22 heavy (non-hydrogen) atoms. The van der Waals surface area contributed by atoms with E-state index in [2.05, 4.69) is 0 Å². The number of nitrogens with zero attached hydrogens (tertiary/aromatic N) is 1. The van der Waals surface area contributed by atoms with Crippen molar-refractivity contribution in [2.45, 2.75) is 11.8 Å². The molecule has 2 aromatic carbocycles. The van der Waals surface area contributed by atoms with Crippen molar-refractivity contribution in [3.8, 4) is 0 Å². The number of halogens is 1. The molecule has 2 atom stereocenters. The monoisotopic (exact) mass is 303 g/mol. The second-order valence-electron chi connectivity index (χ2n) is 4.90. The molecule has 2 rings (SSSR count). The van der Waals surface area contributed by atoms with Gasteiger partial charge in [0.2, 0.25) is 6.54 Å². The SMILES string of the molecule is O=C(O)[C@H](c1ccccc1)[C@@H](C[N+](=O)[O-])c1ccc(F)cc1. The summed E-state index contributed by atoms with van der Waals surface area (Å²) in [5.74, 6) is -3.58. The Balaban J connectivity index is 2.47. The van der Waals surface area contributed by atoms with Gasteiger partial charge in [-0.15, -0.1) is 0 Å². The number of hydrogen-bond donors (Lipinski definition) is 1. The van der Waals surface area contributed by atoms with E-state index in [4.69, 9.17) is 0 Å². The van der Waals surface area contributed by atoms with Gasteiger partial charge in [-0.3, -0.25) is 14.9 Å². The van der Waals surface area contributed by atoms with Crippen LogP contribution in [0.25, 0.3) is 0 Å². The molecular formula is C16H14FNO4. The molecule has 0 unspecified atom stereocenters. The summed E-state index contributed by atoms with van der Waals surface area (Å²) in [6.45, 7) is -0.544. The zero-order valence-electron chi connectivity index (χ0n) is 11.6. The Kier molecular flexibility index (Phi) is 4.83. The highest BCUT2D eigenvalue weighted by Gasteiger charge is 2.34. The van der Waals surface area contributed by atoms with Crippen LogP contribution in [0.4, 0.5) is 4.39 Å². The minimum atomic E-state index is -1.15. The molecule has 0 radical (unpaired) electrons. The number of rotatable bonds is 6. The van der Waals surface area contributed by atoms with Crippen molar-refractivity contribution in [1.29, 1.82) is 0 Å². The van der Waals surface area contributed by atoms with Gasteiger partial charge in [-0.2, -0.15) is 0 Å². The second-order valence-corrected chi connectivity index (χ2v) is 4.90. The van der Waals surface area contributed by atoms with Gasteiger partial charge >= 0.3 is 5.97 Å². The maximum Gasteiger partial charge on any atom is 0.311 e. The van der Waals surface area contributed by atoms with Crippen LogP contribution in [0.3, 0.4) is 0 Å². The van der Waals surface area contributed by atoms with Crippen molar-refractivity contribution in [2.24, 2.45) is 0 Å². The minimum Gasteiger partial charge on any atom is -0.481 e. The Labute approximate surface area is 126 Å². The lowest BCUT2D eigenvalue weighted by molar-refractivity contribution is -0.483. The lowest BCUT2D eigenvalue weighted by Crippen LogP contribution is -2.26. The first-order chi connectivity index (χ1) is 10.5. The van der Waals surface area contributed by atoms with Crippen LogP contribution in [-0.2, 0) is 4.79 Å². The fourth-order valence-electron chi connectivity index (χ4n) is 2.48. The third kappa shape index (κ3) is 3.66. The predicted octanol–water partition coefficient (Wildman–Crippen LogP) is 3.05. The number of hydrogen-bond acceptors (Lipinski definition) is 3. The Hall–Kier alpha value is -2.76. The molecular weight excluding hydrogens is 289 g/mol. The van der Waals surface area contributed by atoms with Crippen molar-refractivity contribution in [2.75, 3.05) is 6.54 Å². The standard InChI is InChI=1S/C16H14FNO4/c17-13-8-6-11(7-9-13)14(10-18(21)22)15(16(19)20)12-4-2-1-3-5-12/h1-9,14-15H,10H2,(H,19,20)/t14-,15+/m0/s1. The Bertz CT molecular complexity index is 658. The number of carboxylic acids is 1. The maximum absolute atomic E-state index is 13.0. The van der Waals surface area contributed by atoms with E-state index < -0.39 is 35.1 Å². The minimum absolute atomic E-state index is 0.425. The topological polar surface area (TPSA) is 80.4 Å². The number of aliphatic carboxylic acids is 1. The molecule has 0 aliphatic rings. The fourth-order valence-corrected chi connectivity index (χ4v) is 2.48. The van der Waals surface area contributed by atoms with E-state index in [0.717, 1.165) is 0 Å². The molecule has 0 aliphatic carbocycles. The van der Waals surface area contributed by atoms with Gasteiger partial charge in [-0.1, -0.05) is 42.5 Å². The van der Waals surface area contributed by atoms with E-state index in [9.17, 15) is 24.4 Å². The van der Waals surface area contributed by atoms with Crippen LogP contribution in [0.2, 0.25) is 0 Å². The maximum atomic E-state index is 13.0. The molecule has 0 saturated heterocycles. The predicted molar refractivity (Wildman–Crippen MR) is 77.8 cm³/mol. The molecule has 0 aromatic heterocycles. The van der Waals surface area contributed by atoms with E-state index >= 15 is 0 Å². The summed E-state index contributed by atoms with van der Waals surface area (Å²) in [7, 11) is 0. The van der Waals surface area contributed by atoms with Crippen molar-refractivity contribution in [1.82, 2.24) is 0 Å². The molecule has 6 heteroatoms. The van der Waals surface area contributed by atoms with Gasteiger partial charge in [0.15, 0.2) is 0 Å². The third-order valence-electron chi connectivity index (χ3n) is 3.47. The van der Waals surface area contributed by atoms with Crippen LogP contribution in [0.1, 0.15) is 23.0 Å². The smallest absolute Gasteiger partial charge is 0.311 e. The molecule has 2 aromatic rings. The summed E-state index contributed by atoms with van der Waals surface area (Å²) < 4.78 is 13.0. The molecule has 0 aliphatic heterocycles. The van der Waals surface area contributed by atoms with E-state index in [1.54, 1.807) is 30.3 Å². The summed E-state index contributed by atoms with van der Waals surface area (Å²) in [5.41, 5.74) is 0.903. The van der Waals surface area contributed by atoms with Crippen LogP contribution in [0.5, 0.6) is 0 Å². The number of nitro groups is 1. The quantitative estimate of drug-likeness (QED) is 0.657. The van der Waals surface area contributed by atoms with Crippen LogP contribution in [0, 0.1) is 15.9 Å². The first-order valence-electron chi connectivity index (χ1n) is 6.64. The Morgan fingerprint density at radius 2 is 1.68 bits per heavy atom. The molecule has 0 spiro atoms. The van der Waals surface area contributed by atoms with Gasteiger partial charge in [0.25, 0.3) is 0 Å². The third-order valence-corrected chi connectivity index (χ3v) is 3.47. The summed E-state index contributed by atoms with van der Waals surface area (Å²) in [6.07, 6.45) is 0. The van der Waals surface area contributed by atoms with Crippen LogP contribution < -0.4 is 0 Å². The fraction of sp³-hybridized carbons (Fsp3) is 0.188. The highest BCUT2D eigenvalue weighted by atomic mass is 19.1. The first-order valence-corrected chi connectivity index (χ1v) is 6.64. The van der Waals surface area contributed by atoms with Crippen molar-refractivity contribution in [3.05, 3.63) is 81.7 Å². The average Bonchev–Trinajstić information content (AvgIpc) is 2.48. The van der Waals surface area contributed by atoms with Crippen molar-refractivity contribution in [3.63, 3.8) is 0 Å². The lowest BCUT2D eigenvalue weighted by atomic mass is 9.81. The summed E-state index contributed by atoms with van der Waals surface area (Å²) in [6, 6.07) is 13.5. The molecule has 0 amide bonds. The van der Waals surface area contributed by atoms with E-state index in [1.165, 1.54) is 24.3 Å². The number of benzene rings is 2. The Morgan fingerprint density at radius 1 is 1.09 bits per heavy atom. The molecule has 0 bridgehead atoms. The van der Waals surface area contributed by atoms with E-state index in [-0.39, 0.29) is 0 Å². The van der Waals surface area contributed by atoms with E-state index in [0.29, 0.717) is 11.1 Å². The van der Waals surface area contributed by atoms with Gasteiger partial charge in [-0.25, -0.2) is 4.39 Å². The van der Waals surface area contributed by atoms with Crippen molar-refractivity contribution < 1.29 is 19.2 Å². The van der Waals surface area contributed by atoms with Gasteiger partial charge in [0, 0.05) is 4.92 Å². The normalized spacial score (nSPS) is 13.3. The van der Waals surface area contributed by atoms with Crippen LogP contribution >= 0.6 is 0 Å². The van der Waals surface area contributed by atoms with E-state index in [1.807, 2.05) is 0 Å². The largest absolute Gasteiger partial charge is 0.481 e. The molecule has 1 N–H and O–H groups in total. The van der Waals surface area contributed by atoms with Gasteiger partial charge in [0.05, 0.1) is 11.8 Å². The number of carbonyl (C=O) groups is 1. The van der Waals surface area contributed by atoms with Gasteiger partial charge in [0.1, 0.15) is 5.82 Å².